The lowest BCUT2D eigenvalue weighted by Crippen LogP contribution is -2.63. The lowest BCUT2D eigenvalue weighted by molar-refractivity contribution is -0.163. The van der Waals surface area contributed by atoms with Crippen molar-refractivity contribution in [3.05, 3.63) is 11.3 Å². The van der Waals surface area contributed by atoms with E-state index in [9.17, 15) is 19.8 Å². The van der Waals surface area contributed by atoms with Gasteiger partial charge in [-0.3, -0.25) is 4.79 Å². The second-order valence-electron chi connectivity index (χ2n) is 6.16. The molecule has 1 saturated heterocycles. The van der Waals surface area contributed by atoms with Gasteiger partial charge < -0.3 is 24.6 Å². The number of likely N-dealkylation sites (N-methyl/N-ethyl adjacent to an activating group) is 1. The van der Waals surface area contributed by atoms with Gasteiger partial charge in [0, 0.05) is 25.6 Å². The van der Waals surface area contributed by atoms with Crippen molar-refractivity contribution in [3.8, 4) is 0 Å². The molecule has 1 fully saturated rings. The molecule has 130 valence electrons. The Bertz CT molecular complexity index is 525. The normalized spacial score (nSPS) is 28.2. The minimum Gasteiger partial charge on any atom is -0.477 e. The highest BCUT2D eigenvalue weighted by Gasteiger charge is 2.59. The van der Waals surface area contributed by atoms with Crippen LogP contribution in [0.1, 0.15) is 13.8 Å². The number of aliphatic hydroxyl groups excluding tert-OH is 1. The summed E-state index contributed by atoms with van der Waals surface area (Å²) in [4.78, 5) is 27.1. The zero-order valence-corrected chi connectivity index (χ0v) is 14.2. The highest BCUT2D eigenvalue weighted by molar-refractivity contribution is 7.91. The molecule has 0 unspecified atom stereocenters. The van der Waals surface area contributed by atoms with Crippen LogP contribution < -0.4 is 4.72 Å². The molecular weight excluding hydrogens is 322 g/mol. The molecule has 2 rings (SSSR count). The maximum absolute atomic E-state index is 12.2. The van der Waals surface area contributed by atoms with Gasteiger partial charge in [0.2, 0.25) is 5.91 Å². The molecule has 8 nitrogen and oxygen atoms in total. The average Bonchev–Trinajstić information content (AvgIpc) is 2.69. The number of aliphatic hydroxyl groups is 1. The van der Waals surface area contributed by atoms with Crippen LogP contribution >= 0.6 is 12.2 Å². The van der Waals surface area contributed by atoms with Crippen molar-refractivity contribution in [1.82, 2.24) is 14.5 Å². The van der Waals surface area contributed by atoms with E-state index in [1.165, 1.54) is 4.90 Å². The maximum atomic E-state index is 12.2. The SMILES string of the molecule is C[C@@H](O)[C@H]1C(=O)N2C(C(=O)O)=C(CN(C)CCNSO)[C@H](C)[C@H]12. The molecule has 0 aromatic carbocycles. The summed E-state index contributed by atoms with van der Waals surface area (Å²) in [7, 11) is 1.85. The van der Waals surface area contributed by atoms with Crippen LogP contribution in [0.25, 0.3) is 0 Å². The van der Waals surface area contributed by atoms with E-state index in [1.807, 2.05) is 18.9 Å². The Morgan fingerprint density at radius 3 is 2.70 bits per heavy atom. The molecule has 4 N–H and O–H groups in total. The molecule has 1 amide bonds. The van der Waals surface area contributed by atoms with Crippen LogP contribution in [0.4, 0.5) is 0 Å². The van der Waals surface area contributed by atoms with Gasteiger partial charge >= 0.3 is 5.97 Å². The van der Waals surface area contributed by atoms with Gasteiger partial charge in [0.25, 0.3) is 0 Å². The summed E-state index contributed by atoms with van der Waals surface area (Å²) >= 11 is 0.543. The zero-order valence-electron chi connectivity index (χ0n) is 13.4. The monoisotopic (exact) mass is 345 g/mol. The van der Waals surface area contributed by atoms with Crippen LogP contribution in [-0.4, -0.2) is 75.3 Å². The fourth-order valence-electron chi connectivity index (χ4n) is 3.51. The van der Waals surface area contributed by atoms with E-state index in [1.54, 1.807) is 6.92 Å². The number of carboxylic acids is 1. The Morgan fingerprint density at radius 2 is 2.17 bits per heavy atom. The molecule has 2 aliphatic heterocycles. The van der Waals surface area contributed by atoms with Gasteiger partial charge in [-0.05, 0) is 19.5 Å². The molecule has 4 atom stereocenters. The largest absolute Gasteiger partial charge is 0.477 e. The van der Waals surface area contributed by atoms with Gasteiger partial charge in [-0.15, -0.1) is 0 Å². The molecule has 2 heterocycles. The highest BCUT2D eigenvalue weighted by atomic mass is 32.2. The minimum absolute atomic E-state index is 0.0562. The number of carbonyl (C=O) groups excluding carboxylic acids is 1. The smallest absolute Gasteiger partial charge is 0.352 e. The van der Waals surface area contributed by atoms with Crippen molar-refractivity contribution in [1.29, 1.82) is 0 Å². The van der Waals surface area contributed by atoms with E-state index in [-0.39, 0.29) is 23.6 Å². The van der Waals surface area contributed by atoms with E-state index >= 15 is 0 Å². The van der Waals surface area contributed by atoms with Crippen LogP contribution in [0, 0.1) is 11.8 Å². The summed E-state index contributed by atoms with van der Waals surface area (Å²) < 4.78 is 11.3. The van der Waals surface area contributed by atoms with Crippen molar-refractivity contribution >= 4 is 24.1 Å². The highest BCUT2D eigenvalue weighted by Crippen LogP contribution is 2.47. The number of nitrogens with zero attached hydrogens (tertiary/aromatic N) is 2. The summed E-state index contributed by atoms with van der Waals surface area (Å²) in [5, 5.41) is 19.3. The molecule has 0 aromatic rings. The number of carbonyl (C=O) groups is 2. The number of rotatable bonds is 8. The third-order valence-electron chi connectivity index (χ3n) is 4.62. The first-order valence-corrected chi connectivity index (χ1v) is 8.27. The lowest BCUT2D eigenvalue weighted by Gasteiger charge is -2.46. The van der Waals surface area contributed by atoms with Crippen LogP contribution in [0.2, 0.25) is 0 Å². The molecule has 0 aliphatic carbocycles. The molecule has 0 spiro atoms. The number of amides is 1. The van der Waals surface area contributed by atoms with Crippen LogP contribution in [0.5, 0.6) is 0 Å². The quantitative estimate of drug-likeness (QED) is 0.207. The Kier molecular flexibility index (Phi) is 5.69. The third kappa shape index (κ3) is 3.24. The second kappa shape index (κ2) is 7.18. The molecule has 9 heteroatoms. The standard InChI is InChI=1S/C14H23N3O5S/c1-7-9(6-16(3)5-4-15-23-22)12(14(20)21)17-11(7)10(8(2)18)13(17)19/h7-8,10-11,15,18,22H,4-6H2,1-3H3,(H,20,21)/t7-,8+,10+,11+/m0/s1. The van der Waals surface area contributed by atoms with Crippen molar-refractivity contribution in [2.24, 2.45) is 11.8 Å². The Morgan fingerprint density at radius 1 is 1.52 bits per heavy atom. The molecule has 23 heavy (non-hydrogen) atoms. The van der Waals surface area contributed by atoms with Crippen molar-refractivity contribution in [3.63, 3.8) is 0 Å². The van der Waals surface area contributed by atoms with Gasteiger partial charge in [-0.1, -0.05) is 6.92 Å². The van der Waals surface area contributed by atoms with Crippen molar-refractivity contribution in [2.75, 3.05) is 26.7 Å². The topological polar surface area (TPSA) is 113 Å². The van der Waals surface area contributed by atoms with E-state index in [0.29, 0.717) is 37.4 Å². The predicted octanol–water partition coefficient (Wildman–Crippen LogP) is -0.175. The zero-order chi connectivity index (χ0) is 17.3. The number of nitrogens with one attached hydrogen (secondary N) is 1. The number of hydrogen-bond donors (Lipinski definition) is 4. The number of carboxylic acid groups (broad SMARTS) is 1. The average molecular weight is 345 g/mol. The van der Waals surface area contributed by atoms with Crippen LogP contribution in [-0.2, 0) is 9.59 Å². The molecule has 0 aromatic heterocycles. The number of β-lactam (4-membered cyclic amide) rings is 1. The maximum Gasteiger partial charge on any atom is 0.352 e. The fourth-order valence-corrected chi connectivity index (χ4v) is 3.69. The van der Waals surface area contributed by atoms with Crippen LogP contribution in [0.3, 0.4) is 0 Å². The molecule has 0 saturated carbocycles. The summed E-state index contributed by atoms with van der Waals surface area (Å²) in [5.41, 5.74) is 0.763. The third-order valence-corrected chi connectivity index (χ3v) is 4.95. The Balaban J connectivity index is 2.17. The Labute approximate surface area is 139 Å². The minimum atomic E-state index is -1.11. The van der Waals surface area contributed by atoms with Crippen LogP contribution in [0.15, 0.2) is 11.3 Å². The molecular formula is C14H23N3O5S. The van der Waals surface area contributed by atoms with Gasteiger partial charge in [0.1, 0.15) is 5.70 Å². The summed E-state index contributed by atoms with van der Waals surface area (Å²) in [6.07, 6.45) is -0.788. The number of fused-ring (bicyclic) bond motifs is 1. The fraction of sp³-hybridized carbons (Fsp3) is 0.714. The first-order valence-electron chi connectivity index (χ1n) is 7.50. The predicted molar refractivity (Wildman–Crippen MR) is 85.4 cm³/mol. The van der Waals surface area contributed by atoms with Crippen molar-refractivity contribution in [2.45, 2.75) is 26.0 Å². The number of hydrogen-bond acceptors (Lipinski definition) is 7. The van der Waals surface area contributed by atoms with E-state index < -0.39 is 18.0 Å². The van der Waals surface area contributed by atoms with Gasteiger partial charge in [0.05, 0.1) is 30.3 Å². The van der Waals surface area contributed by atoms with Gasteiger partial charge in [-0.25, -0.2) is 9.52 Å². The molecule has 0 radical (unpaired) electrons. The summed E-state index contributed by atoms with van der Waals surface area (Å²) in [6.45, 7) is 5.06. The lowest BCUT2D eigenvalue weighted by atomic mass is 9.77. The van der Waals surface area contributed by atoms with E-state index in [4.69, 9.17) is 4.55 Å². The number of aliphatic carboxylic acids is 1. The summed E-state index contributed by atoms with van der Waals surface area (Å²) in [5.74, 6) is -2.06. The van der Waals surface area contributed by atoms with Gasteiger partial charge in [0.15, 0.2) is 0 Å². The molecule has 2 aliphatic rings. The van der Waals surface area contributed by atoms with E-state index in [2.05, 4.69) is 4.72 Å². The first-order chi connectivity index (χ1) is 10.8. The molecule has 0 bridgehead atoms. The Hall–Kier alpha value is -1.13. The van der Waals surface area contributed by atoms with Crippen molar-refractivity contribution < 1.29 is 24.4 Å². The van der Waals surface area contributed by atoms with Gasteiger partial charge in [-0.2, -0.15) is 0 Å². The first kappa shape index (κ1) is 18.2. The second-order valence-corrected chi connectivity index (χ2v) is 6.63. The van der Waals surface area contributed by atoms with E-state index in [0.717, 1.165) is 0 Å². The summed E-state index contributed by atoms with van der Waals surface area (Å²) in [6, 6.07) is -0.275.